The van der Waals surface area contributed by atoms with Crippen LogP contribution in [-0.4, -0.2) is 22.8 Å². The van der Waals surface area contributed by atoms with Gasteiger partial charge in [-0.15, -0.1) is 0 Å². The van der Waals surface area contributed by atoms with E-state index in [9.17, 15) is 9.18 Å². The van der Waals surface area contributed by atoms with Gasteiger partial charge < -0.3 is 0 Å². The zero-order valence-electron chi connectivity index (χ0n) is 13.5. The first-order valence-corrected chi connectivity index (χ1v) is 8.32. The molecule has 0 heterocycles. The Morgan fingerprint density at radius 1 is 1.17 bits per heavy atom. The van der Waals surface area contributed by atoms with Crippen molar-refractivity contribution in [2.24, 2.45) is 5.41 Å². The van der Waals surface area contributed by atoms with E-state index in [0.29, 0.717) is 6.54 Å². The molecule has 2 aromatic rings. The summed E-state index contributed by atoms with van der Waals surface area (Å²) >= 11 is 2.47. The number of nitrogens with one attached hydrogen (secondary N) is 2. The average molecular weight is 374 g/mol. The molecular formula is C18H20AsFN2O. The summed E-state index contributed by atoms with van der Waals surface area (Å²) in [5, 5.41) is 6.11. The van der Waals surface area contributed by atoms with Crippen LogP contribution in [0.5, 0.6) is 0 Å². The first kappa shape index (κ1) is 17.6. The molecule has 5 heteroatoms. The van der Waals surface area contributed by atoms with Crippen molar-refractivity contribution in [2.75, 3.05) is 10.6 Å². The molecule has 0 saturated carbocycles. The number of halogens is 1. The molecule has 0 unspecified atom stereocenters. The Kier molecular flexibility index (Phi) is 5.48. The molecule has 3 nitrogen and oxygen atoms in total. The Bertz CT molecular complexity index is 710. The van der Waals surface area contributed by atoms with Crippen LogP contribution >= 0.6 is 0 Å². The monoisotopic (exact) mass is 374 g/mol. The van der Waals surface area contributed by atoms with Crippen molar-refractivity contribution >= 4 is 38.5 Å². The zero-order valence-corrected chi connectivity index (χ0v) is 15.4. The molecule has 0 aromatic heterocycles. The third-order valence-corrected chi connectivity index (χ3v) is 4.09. The Morgan fingerprint density at radius 3 is 2.52 bits per heavy atom. The van der Waals surface area contributed by atoms with E-state index in [1.807, 2.05) is 45.0 Å². The second-order valence-corrected chi connectivity index (χ2v) is 7.43. The van der Waals surface area contributed by atoms with Crippen LogP contribution in [0.1, 0.15) is 26.3 Å². The number of rotatable bonds is 4. The van der Waals surface area contributed by atoms with Crippen molar-refractivity contribution in [3.05, 3.63) is 53.8 Å². The predicted octanol–water partition coefficient (Wildman–Crippen LogP) is 3.22. The van der Waals surface area contributed by atoms with Gasteiger partial charge in [-0.2, -0.15) is 0 Å². The third kappa shape index (κ3) is 5.11. The summed E-state index contributed by atoms with van der Waals surface area (Å²) in [6.07, 6.45) is 0. The van der Waals surface area contributed by atoms with E-state index in [-0.39, 0.29) is 11.7 Å². The van der Waals surface area contributed by atoms with Gasteiger partial charge in [0, 0.05) is 0 Å². The van der Waals surface area contributed by atoms with Crippen molar-refractivity contribution in [1.82, 2.24) is 0 Å². The summed E-state index contributed by atoms with van der Waals surface area (Å²) in [6.45, 7) is 6.22. The van der Waals surface area contributed by atoms with Gasteiger partial charge in [0.1, 0.15) is 0 Å². The van der Waals surface area contributed by atoms with Crippen LogP contribution < -0.4 is 15.0 Å². The first-order chi connectivity index (χ1) is 10.8. The van der Waals surface area contributed by atoms with Crippen LogP contribution in [0.4, 0.5) is 15.8 Å². The van der Waals surface area contributed by atoms with E-state index >= 15 is 0 Å². The number of hydrogen-bond acceptors (Lipinski definition) is 2. The van der Waals surface area contributed by atoms with E-state index < -0.39 is 5.41 Å². The maximum absolute atomic E-state index is 13.1. The molecule has 2 rings (SSSR count). The number of benzene rings is 2. The number of amides is 1. The zero-order chi connectivity index (χ0) is 17.0. The molecule has 2 radical (unpaired) electrons. The summed E-state index contributed by atoms with van der Waals surface area (Å²) in [6, 6.07) is 12.2. The van der Waals surface area contributed by atoms with Gasteiger partial charge in [-0.25, -0.2) is 0 Å². The van der Waals surface area contributed by atoms with Crippen LogP contribution in [0.15, 0.2) is 42.5 Å². The average Bonchev–Trinajstić information content (AvgIpc) is 2.46. The molecule has 1 amide bonds. The molecule has 23 heavy (non-hydrogen) atoms. The summed E-state index contributed by atoms with van der Waals surface area (Å²) in [5.74, 6) is -0.279. The number of carbonyl (C=O) groups excluding carboxylic acids is 1. The van der Waals surface area contributed by atoms with Gasteiger partial charge in [-0.05, 0) is 0 Å². The minimum absolute atomic E-state index is 0.0181. The third-order valence-electron chi connectivity index (χ3n) is 3.31. The van der Waals surface area contributed by atoms with E-state index in [4.69, 9.17) is 0 Å². The predicted molar refractivity (Wildman–Crippen MR) is 93.6 cm³/mol. The molecule has 0 spiro atoms. The molecule has 0 aliphatic carbocycles. The Hall–Kier alpha value is -1.80. The summed E-state index contributed by atoms with van der Waals surface area (Å²) in [5.41, 5.74) is 2.15. The van der Waals surface area contributed by atoms with Gasteiger partial charge in [0.15, 0.2) is 0 Å². The molecule has 120 valence electrons. The quantitative estimate of drug-likeness (QED) is 0.807. The first-order valence-electron chi connectivity index (χ1n) is 7.38. The number of hydrogen-bond donors (Lipinski definition) is 2. The molecule has 0 aliphatic heterocycles. The molecule has 0 fully saturated rings. The Morgan fingerprint density at radius 2 is 1.91 bits per heavy atom. The molecule has 0 aliphatic rings. The van der Waals surface area contributed by atoms with Gasteiger partial charge in [-0.3, -0.25) is 0 Å². The van der Waals surface area contributed by atoms with Gasteiger partial charge >= 0.3 is 145 Å². The van der Waals surface area contributed by atoms with Crippen LogP contribution in [-0.2, 0) is 11.3 Å². The fourth-order valence-corrected chi connectivity index (χ4v) is 2.53. The summed E-state index contributed by atoms with van der Waals surface area (Å²) in [4.78, 5) is 12.0. The van der Waals surface area contributed by atoms with Crippen LogP contribution in [0.2, 0.25) is 0 Å². The van der Waals surface area contributed by atoms with Crippen molar-refractivity contribution < 1.29 is 9.18 Å². The standard InChI is InChI=1S/C18H20AsFN2O/c1-18(2,3)17(23)22-16-8-7-12(9-15(16)19)11-21-14-6-4-5-13(20)10-14/h4-10,21H,11H2,1-3H3,(H,22,23). The Labute approximate surface area is 145 Å². The Balaban J connectivity index is 2.03. The maximum atomic E-state index is 13.1. The van der Waals surface area contributed by atoms with Crippen LogP contribution in [0.25, 0.3) is 0 Å². The fourth-order valence-electron chi connectivity index (χ4n) is 1.91. The fraction of sp³-hybridized carbons (Fsp3) is 0.278. The molecule has 0 bridgehead atoms. The van der Waals surface area contributed by atoms with Crippen molar-refractivity contribution in [3.8, 4) is 0 Å². The molecule has 2 N–H and O–H groups in total. The second-order valence-electron chi connectivity index (χ2n) is 6.42. The van der Waals surface area contributed by atoms with Crippen molar-refractivity contribution in [3.63, 3.8) is 0 Å². The van der Waals surface area contributed by atoms with E-state index in [1.165, 1.54) is 12.1 Å². The summed E-state index contributed by atoms with van der Waals surface area (Å²) in [7, 11) is 0. The van der Waals surface area contributed by atoms with Gasteiger partial charge in [-0.1, -0.05) is 0 Å². The second kappa shape index (κ2) is 7.18. The molecule has 0 atom stereocenters. The normalized spacial score (nSPS) is 11.2. The topological polar surface area (TPSA) is 41.1 Å². The van der Waals surface area contributed by atoms with Gasteiger partial charge in [0.2, 0.25) is 0 Å². The van der Waals surface area contributed by atoms with Gasteiger partial charge in [0.05, 0.1) is 0 Å². The van der Waals surface area contributed by atoms with Crippen LogP contribution in [0, 0.1) is 11.2 Å². The summed E-state index contributed by atoms with van der Waals surface area (Å²) < 4.78 is 14.1. The molecule has 0 saturated heterocycles. The van der Waals surface area contributed by atoms with Gasteiger partial charge in [0.25, 0.3) is 0 Å². The number of anilines is 2. The van der Waals surface area contributed by atoms with E-state index in [1.54, 1.807) is 6.07 Å². The van der Waals surface area contributed by atoms with Crippen molar-refractivity contribution in [2.45, 2.75) is 27.3 Å². The minimum atomic E-state index is -0.433. The van der Waals surface area contributed by atoms with Crippen LogP contribution in [0.3, 0.4) is 0 Å². The van der Waals surface area contributed by atoms with E-state index in [2.05, 4.69) is 27.5 Å². The molecular weight excluding hydrogens is 354 g/mol. The number of carbonyl (C=O) groups is 1. The van der Waals surface area contributed by atoms with Crippen molar-refractivity contribution in [1.29, 1.82) is 0 Å². The SMILES string of the molecule is CC(C)(C)C(=O)Nc1ccc(CNc2cccc(F)c2)cc1[As]. The van der Waals surface area contributed by atoms with E-state index in [0.717, 1.165) is 21.3 Å². The molecule has 2 aromatic carbocycles.